The Morgan fingerprint density at radius 1 is 1.29 bits per heavy atom. The summed E-state index contributed by atoms with van der Waals surface area (Å²) in [6.45, 7) is 9.61. The van der Waals surface area contributed by atoms with Gasteiger partial charge in [0.1, 0.15) is 6.61 Å². The molecule has 0 aromatic carbocycles. The van der Waals surface area contributed by atoms with Crippen molar-refractivity contribution < 1.29 is 14.6 Å². The predicted molar refractivity (Wildman–Crippen MR) is 55.9 cm³/mol. The third-order valence-electron chi connectivity index (χ3n) is 1.78. The van der Waals surface area contributed by atoms with E-state index >= 15 is 0 Å². The van der Waals surface area contributed by atoms with Gasteiger partial charge < -0.3 is 9.84 Å². The van der Waals surface area contributed by atoms with Gasteiger partial charge >= 0.3 is 5.97 Å². The maximum atomic E-state index is 11.6. The molecule has 0 unspecified atom stereocenters. The van der Waals surface area contributed by atoms with Gasteiger partial charge in [0.25, 0.3) is 0 Å². The average Bonchev–Trinajstić information content (AvgIpc) is 1.97. The Labute approximate surface area is 85.8 Å². The first kappa shape index (κ1) is 13.2. The first-order valence-electron chi connectivity index (χ1n) is 4.76. The Balaban J connectivity index is 4.72. The normalized spacial score (nSPS) is 11.0. The number of carbonyl (C=O) groups excluding carboxylic acids is 1. The highest BCUT2D eigenvalue weighted by Crippen LogP contribution is 2.28. The Kier molecular flexibility index (Phi) is 4.85. The fourth-order valence-electron chi connectivity index (χ4n) is 1.47. The first-order valence-corrected chi connectivity index (χ1v) is 4.76. The smallest absolute Gasteiger partial charge is 0.334 e. The van der Waals surface area contributed by atoms with Gasteiger partial charge in [0.05, 0.1) is 6.61 Å². The van der Waals surface area contributed by atoms with Crippen LogP contribution in [0.1, 0.15) is 34.6 Å². The molecule has 0 amide bonds. The van der Waals surface area contributed by atoms with Crippen LogP contribution in [-0.4, -0.2) is 24.3 Å². The quantitative estimate of drug-likeness (QED) is 0.559. The third-order valence-corrected chi connectivity index (χ3v) is 1.78. The van der Waals surface area contributed by atoms with Crippen LogP contribution in [0.25, 0.3) is 0 Å². The number of esters is 1. The van der Waals surface area contributed by atoms with E-state index in [-0.39, 0.29) is 24.6 Å². The summed E-state index contributed by atoms with van der Waals surface area (Å²) in [5.74, 6) is -0.327. The minimum absolute atomic E-state index is 0.0612. The zero-order valence-corrected chi connectivity index (χ0v) is 9.68. The average molecular weight is 200 g/mol. The van der Waals surface area contributed by atoms with Crippen molar-refractivity contribution >= 4 is 5.97 Å². The standard InChI is InChI=1S/C11H20O3/c1-8(2)9(11(3,4)5)10(13)14-7-6-12/h12H,6-7H2,1-5H3. The summed E-state index contributed by atoms with van der Waals surface area (Å²) in [5.41, 5.74) is 1.43. The highest BCUT2D eigenvalue weighted by molar-refractivity contribution is 5.90. The second-order valence-electron chi connectivity index (χ2n) is 4.48. The SMILES string of the molecule is CC(C)=C(C(=O)OCCO)C(C)(C)C. The molecular weight excluding hydrogens is 180 g/mol. The topological polar surface area (TPSA) is 46.5 Å². The molecule has 82 valence electrons. The van der Waals surface area contributed by atoms with E-state index in [0.29, 0.717) is 5.57 Å². The molecule has 1 N–H and O–H groups in total. The Morgan fingerprint density at radius 2 is 1.79 bits per heavy atom. The zero-order chi connectivity index (χ0) is 11.4. The van der Waals surface area contributed by atoms with Gasteiger partial charge in [-0.1, -0.05) is 26.3 Å². The highest BCUT2D eigenvalue weighted by Gasteiger charge is 2.26. The number of hydrogen-bond acceptors (Lipinski definition) is 3. The molecule has 3 nitrogen and oxygen atoms in total. The number of aliphatic hydroxyl groups is 1. The van der Waals surface area contributed by atoms with Crippen molar-refractivity contribution in [3.63, 3.8) is 0 Å². The molecule has 3 heteroatoms. The Hall–Kier alpha value is -0.830. The number of rotatable bonds is 3. The van der Waals surface area contributed by atoms with Crippen LogP contribution in [0.15, 0.2) is 11.1 Å². The number of hydrogen-bond donors (Lipinski definition) is 1. The molecule has 0 radical (unpaired) electrons. The second kappa shape index (κ2) is 5.15. The molecule has 0 heterocycles. The summed E-state index contributed by atoms with van der Waals surface area (Å²) in [7, 11) is 0. The fraction of sp³-hybridized carbons (Fsp3) is 0.727. The molecule has 0 rings (SSSR count). The molecule has 0 atom stereocenters. The lowest BCUT2D eigenvalue weighted by Gasteiger charge is -2.23. The van der Waals surface area contributed by atoms with Gasteiger partial charge in [-0.25, -0.2) is 4.79 Å². The van der Waals surface area contributed by atoms with Crippen LogP contribution in [0, 0.1) is 5.41 Å². The largest absolute Gasteiger partial charge is 0.460 e. The van der Waals surface area contributed by atoms with Gasteiger partial charge in [0.15, 0.2) is 0 Å². The van der Waals surface area contributed by atoms with Crippen LogP contribution in [0.4, 0.5) is 0 Å². The van der Waals surface area contributed by atoms with Gasteiger partial charge in [0, 0.05) is 5.57 Å². The van der Waals surface area contributed by atoms with Crippen LogP contribution in [0.3, 0.4) is 0 Å². The van der Waals surface area contributed by atoms with E-state index in [4.69, 9.17) is 9.84 Å². The van der Waals surface area contributed by atoms with Gasteiger partial charge in [-0.3, -0.25) is 0 Å². The van der Waals surface area contributed by atoms with Crippen molar-refractivity contribution in [1.29, 1.82) is 0 Å². The van der Waals surface area contributed by atoms with Gasteiger partial charge in [-0.05, 0) is 19.3 Å². The first-order chi connectivity index (χ1) is 6.30. The maximum absolute atomic E-state index is 11.6. The van der Waals surface area contributed by atoms with Crippen molar-refractivity contribution in [2.24, 2.45) is 5.41 Å². The van der Waals surface area contributed by atoms with E-state index in [9.17, 15) is 4.79 Å². The Bertz CT molecular complexity index is 229. The van der Waals surface area contributed by atoms with Crippen LogP contribution in [0.2, 0.25) is 0 Å². The molecule has 0 spiro atoms. The van der Waals surface area contributed by atoms with E-state index in [2.05, 4.69) is 0 Å². The van der Waals surface area contributed by atoms with Gasteiger partial charge in [-0.15, -0.1) is 0 Å². The van der Waals surface area contributed by atoms with Crippen LogP contribution < -0.4 is 0 Å². The van der Waals surface area contributed by atoms with Gasteiger partial charge in [0.2, 0.25) is 0 Å². The number of aliphatic hydroxyl groups excluding tert-OH is 1. The fourth-order valence-corrected chi connectivity index (χ4v) is 1.47. The van der Waals surface area contributed by atoms with Crippen molar-refractivity contribution in [1.82, 2.24) is 0 Å². The lowest BCUT2D eigenvalue weighted by molar-refractivity contribution is -0.141. The van der Waals surface area contributed by atoms with Crippen molar-refractivity contribution in [2.45, 2.75) is 34.6 Å². The summed E-state index contributed by atoms with van der Waals surface area (Å²) in [6, 6.07) is 0. The molecule has 0 bridgehead atoms. The zero-order valence-electron chi connectivity index (χ0n) is 9.68. The molecule has 0 saturated heterocycles. The van der Waals surface area contributed by atoms with Gasteiger partial charge in [-0.2, -0.15) is 0 Å². The van der Waals surface area contributed by atoms with E-state index in [0.717, 1.165) is 5.57 Å². The van der Waals surface area contributed by atoms with Crippen LogP contribution in [0.5, 0.6) is 0 Å². The van der Waals surface area contributed by atoms with Crippen molar-refractivity contribution in [3.8, 4) is 0 Å². The van der Waals surface area contributed by atoms with E-state index in [1.54, 1.807) is 0 Å². The maximum Gasteiger partial charge on any atom is 0.334 e. The molecule has 0 aromatic heterocycles. The summed E-state index contributed by atoms with van der Waals surface area (Å²) in [6.07, 6.45) is 0. The summed E-state index contributed by atoms with van der Waals surface area (Å²) < 4.78 is 4.89. The summed E-state index contributed by atoms with van der Waals surface area (Å²) in [5, 5.41) is 8.55. The molecule has 0 fully saturated rings. The van der Waals surface area contributed by atoms with E-state index in [1.807, 2.05) is 34.6 Å². The monoisotopic (exact) mass is 200 g/mol. The third kappa shape index (κ3) is 3.92. The van der Waals surface area contributed by atoms with Crippen molar-refractivity contribution in [2.75, 3.05) is 13.2 Å². The highest BCUT2D eigenvalue weighted by atomic mass is 16.5. The molecule has 14 heavy (non-hydrogen) atoms. The summed E-state index contributed by atoms with van der Waals surface area (Å²) in [4.78, 5) is 11.6. The van der Waals surface area contributed by atoms with E-state index in [1.165, 1.54) is 0 Å². The minimum atomic E-state index is -0.327. The van der Waals surface area contributed by atoms with E-state index < -0.39 is 0 Å². The lowest BCUT2D eigenvalue weighted by Crippen LogP contribution is -2.22. The molecule has 0 saturated carbocycles. The number of ether oxygens (including phenoxy) is 1. The second-order valence-corrected chi connectivity index (χ2v) is 4.48. The number of carbonyl (C=O) groups is 1. The lowest BCUT2D eigenvalue weighted by atomic mass is 9.84. The molecule has 0 aliphatic rings. The van der Waals surface area contributed by atoms with Crippen LogP contribution in [-0.2, 0) is 9.53 Å². The predicted octanol–water partition coefficient (Wildman–Crippen LogP) is 1.90. The number of allylic oxidation sites excluding steroid dienone is 1. The Morgan fingerprint density at radius 3 is 2.07 bits per heavy atom. The molecule has 0 aromatic rings. The molecular formula is C11H20O3. The molecule has 0 aliphatic heterocycles. The molecule has 0 aliphatic carbocycles. The minimum Gasteiger partial charge on any atom is -0.460 e. The van der Waals surface area contributed by atoms with Crippen LogP contribution >= 0.6 is 0 Å². The van der Waals surface area contributed by atoms with Crippen molar-refractivity contribution in [3.05, 3.63) is 11.1 Å². The summed E-state index contributed by atoms with van der Waals surface area (Å²) >= 11 is 0.